The van der Waals surface area contributed by atoms with E-state index in [9.17, 15) is 9.59 Å². The van der Waals surface area contributed by atoms with Gasteiger partial charge in [0.05, 0.1) is 31.2 Å². The molecule has 32 heavy (non-hydrogen) atoms. The molecule has 0 unspecified atom stereocenters. The number of ether oxygens (including phenoxy) is 2. The number of amides is 1. The van der Waals surface area contributed by atoms with Gasteiger partial charge in [-0.25, -0.2) is 4.79 Å². The second-order valence-electron chi connectivity index (χ2n) is 7.03. The van der Waals surface area contributed by atoms with Crippen LogP contribution in [0, 0.1) is 0 Å². The molecule has 2 aromatic carbocycles. The number of rotatable bonds is 10. The number of nitrogens with zero attached hydrogens (tertiary/aromatic N) is 3. The van der Waals surface area contributed by atoms with Gasteiger partial charge in [0.1, 0.15) is 11.6 Å². The van der Waals surface area contributed by atoms with Crippen LogP contribution in [-0.4, -0.2) is 46.6 Å². The number of hydrogen-bond donors (Lipinski definition) is 1. The molecule has 1 heterocycles. The number of anilines is 1. The maximum absolute atomic E-state index is 12.4. The fourth-order valence-corrected chi connectivity index (χ4v) is 3.86. The van der Waals surface area contributed by atoms with Gasteiger partial charge >= 0.3 is 5.97 Å². The Balaban J connectivity index is 1.50. The first-order chi connectivity index (χ1) is 15.5. The molecule has 0 aliphatic carbocycles. The summed E-state index contributed by atoms with van der Waals surface area (Å²) in [6.45, 7) is 0. The van der Waals surface area contributed by atoms with E-state index < -0.39 is 5.97 Å². The Morgan fingerprint density at radius 2 is 1.78 bits per heavy atom. The van der Waals surface area contributed by atoms with Crippen LogP contribution >= 0.6 is 11.8 Å². The Labute approximate surface area is 191 Å². The van der Waals surface area contributed by atoms with Gasteiger partial charge in [0.25, 0.3) is 0 Å². The zero-order chi connectivity index (χ0) is 22.9. The van der Waals surface area contributed by atoms with Crippen LogP contribution in [0.15, 0.2) is 53.7 Å². The van der Waals surface area contributed by atoms with E-state index in [0.717, 1.165) is 30.8 Å². The summed E-state index contributed by atoms with van der Waals surface area (Å²) in [5.41, 5.74) is 1.97. The van der Waals surface area contributed by atoms with E-state index in [1.165, 1.54) is 24.4 Å². The van der Waals surface area contributed by atoms with Gasteiger partial charge in [-0.05, 0) is 42.7 Å². The van der Waals surface area contributed by atoms with Crippen molar-refractivity contribution in [3.8, 4) is 5.75 Å². The first-order valence-corrected chi connectivity index (χ1v) is 11.1. The molecule has 1 amide bonds. The van der Waals surface area contributed by atoms with Crippen molar-refractivity contribution in [2.24, 2.45) is 7.05 Å². The molecule has 0 atom stereocenters. The maximum Gasteiger partial charge on any atom is 0.339 e. The molecule has 1 aromatic heterocycles. The molecule has 0 aliphatic heterocycles. The summed E-state index contributed by atoms with van der Waals surface area (Å²) < 4.78 is 11.8. The molecule has 8 nitrogen and oxygen atoms in total. The minimum atomic E-state index is -0.499. The van der Waals surface area contributed by atoms with Gasteiger partial charge < -0.3 is 19.4 Å². The number of carbonyl (C=O) groups excluding carboxylic acids is 2. The van der Waals surface area contributed by atoms with Crippen LogP contribution in [0.5, 0.6) is 5.75 Å². The number of thioether (sulfide) groups is 1. The van der Waals surface area contributed by atoms with Crippen LogP contribution in [0.3, 0.4) is 0 Å². The van der Waals surface area contributed by atoms with Gasteiger partial charge in [-0.1, -0.05) is 36.0 Å². The predicted octanol–water partition coefficient (Wildman–Crippen LogP) is 3.52. The lowest BCUT2D eigenvalue weighted by atomic mass is 10.1. The summed E-state index contributed by atoms with van der Waals surface area (Å²) in [6, 6.07) is 14.8. The molecular formula is C23H26N4O4S. The third-order valence-electron chi connectivity index (χ3n) is 4.89. The zero-order valence-corrected chi connectivity index (χ0v) is 19.1. The standard InChI is InChI=1S/C23H26N4O4S/c1-27-20(10-6-7-16-11-13-17(30-2)14-12-16)25-26-23(27)32-15-21(28)24-19-9-5-4-8-18(19)22(29)31-3/h4-5,8-9,11-14H,6-7,10,15H2,1-3H3,(H,24,28). The number of aryl methyl sites for hydroxylation is 2. The van der Waals surface area contributed by atoms with Crippen LogP contribution in [0.4, 0.5) is 5.69 Å². The Morgan fingerprint density at radius 3 is 2.50 bits per heavy atom. The molecule has 0 spiro atoms. The fraction of sp³-hybridized carbons (Fsp3) is 0.304. The molecule has 1 N–H and O–H groups in total. The summed E-state index contributed by atoms with van der Waals surface area (Å²) in [5.74, 6) is 1.13. The molecule has 168 valence electrons. The third-order valence-corrected chi connectivity index (χ3v) is 5.91. The monoisotopic (exact) mass is 454 g/mol. The minimum Gasteiger partial charge on any atom is -0.497 e. The first kappa shape index (κ1) is 23.3. The maximum atomic E-state index is 12.4. The van der Waals surface area contributed by atoms with Crippen LogP contribution in [0.2, 0.25) is 0 Å². The molecule has 0 aliphatic rings. The number of nitrogens with one attached hydrogen (secondary N) is 1. The van der Waals surface area contributed by atoms with Crippen molar-refractivity contribution in [2.45, 2.75) is 24.4 Å². The number of hydrogen-bond acceptors (Lipinski definition) is 7. The average molecular weight is 455 g/mol. The number of carbonyl (C=O) groups is 2. The quantitative estimate of drug-likeness (QED) is 0.370. The molecule has 0 saturated heterocycles. The van der Waals surface area contributed by atoms with E-state index >= 15 is 0 Å². The first-order valence-electron chi connectivity index (χ1n) is 10.1. The highest BCUT2D eigenvalue weighted by molar-refractivity contribution is 7.99. The highest BCUT2D eigenvalue weighted by Crippen LogP contribution is 2.20. The molecule has 3 aromatic rings. The highest BCUT2D eigenvalue weighted by Gasteiger charge is 2.15. The average Bonchev–Trinajstić information content (AvgIpc) is 3.17. The van der Waals surface area contributed by atoms with Gasteiger partial charge in [-0.3, -0.25) is 4.79 Å². The van der Waals surface area contributed by atoms with E-state index in [1.54, 1.807) is 31.4 Å². The van der Waals surface area contributed by atoms with Gasteiger partial charge in [-0.15, -0.1) is 10.2 Å². The van der Waals surface area contributed by atoms with Crippen LogP contribution in [0.1, 0.15) is 28.2 Å². The molecular weight excluding hydrogens is 428 g/mol. The van der Waals surface area contributed by atoms with Crippen molar-refractivity contribution in [2.75, 3.05) is 25.3 Å². The Hall–Kier alpha value is -3.33. The molecule has 0 fully saturated rings. The van der Waals surface area contributed by atoms with Gasteiger partial charge in [0, 0.05) is 13.5 Å². The summed E-state index contributed by atoms with van der Waals surface area (Å²) >= 11 is 1.30. The number of para-hydroxylation sites is 1. The number of methoxy groups -OCH3 is 2. The SMILES string of the molecule is COC(=O)c1ccccc1NC(=O)CSc1nnc(CCCc2ccc(OC)cc2)n1C. The van der Waals surface area contributed by atoms with E-state index in [0.29, 0.717) is 16.4 Å². The summed E-state index contributed by atoms with van der Waals surface area (Å²) in [5, 5.41) is 11.9. The van der Waals surface area contributed by atoms with Gasteiger partial charge in [0.2, 0.25) is 5.91 Å². The summed E-state index contributed by atoms with van der Waals surface area (Å²) in [6.07, 6.45) is 2.66. The van der Waals surface area contributed by atoms with E-state index in [2.05, 4.69) is 27.6 Å². The number of benzene rings is 2. The lowest BCUT2D eigenvalue weighted by Gasteiger charge is -2.09. The van der Waals surface area contributed by atoms with E-state index in [4.69, 9.17) is 9.47 Å². The molecule has 9 heteroatoms. The van der Waals surface area contributed by atoms with E-state index in [1.807, 2.05) is 23.7 Å². The molecule has 0 radical (unpaired) electrons. The lowest BCUT2D eigenvalue weighted by molar-refractivity contribution is -0.113. The van der Waals surface area contributed by atoms with Crippen molar-refractivity contribution < 1.29 is 19.1 Å². The second-order valence-corrected chi connectivity index (χ2v) is 7.98. The van der Waals surface area contributed by atoms with Crippen LogP contribution in [-0.2, 0) is 29.4 Å². The predicted molar refractivity (Wildman–Crippen MR) is 123 cm³/mol. The molecule has 0 saturated carbocycles. The van der Waals surface area contributed by atoms with Crippen LogP contribution < -0.4 is 10.1 Å². The summed E-state index contributed by atoms with van der Waals surface area (Å²) in [7, 11) is 4.86. The second kappa shape index (κ2) is 11.3. The normalized spacial score (nSPS) is 10.6. The van der Waals surface area contributed by atoms with Crippen molar-refractivity contribution in [3.63, 3.8) is 0 Å². The van der Waals surface area contributed by atoms with Crippen molar-refractivity contribution in [1.82, 2.24) is 14.8 Å². The number of aromatic nitrogens is 3. The largest absolute Gasteiger partial charge is 0.497 e. The van der Waals surface area contributed by atoms with Crippen molar-refractivity contribution >= 4 is 29.3 Å². The van der Waals surface area contributed by atoms with Gasteiger partial charge in [0.15, 0.2) is 5.16 Å². The topological polar surface area (TPSA) is 95.3 Å². The number of esters is 1. The molecule has 0 bridgehead atoms. The Kier molecular flexibility index (Phi) is 8.27. The van der Waals surface area contributed by atoms with Crippen molar-refractivity contribution in [1.29, 1.82) is 0 Å². The van der Waals surface area contributed by atoms with E-state index in [-0.39, 0.29) is 11.7 Å². The lowest BCUT2D eigenvalue weighted by Crippen LogP contribution is -2.17. The Morgan fingerprint density at radius 1 is 1.03 bits per heavy atom. The van der Waals surface area contributed by atoms with Crippen LogP contribution in [0.25, 0.3) is 0 Å². The zero-order valence-electron chi connectivity index (χ0n) is 18.3. The fourth-order valence-electron chi connectivity index (χ4n) is 3.13. The van der Waals surface area contributed by atoms with Crippen molar-refractivity contribution in [3.05, 3.63) is 65.5 Å². The summed E-state index contributed by atoms with van der Waals surface area (Å²) in [4.78, 5) is 24.2. The smallest absolute Gasteiger partial charge is 0.339 e. The minimum absolute atomic E-state index is 0.146. The Bertz CT molecular complexity index is 1070. The molecule has 3 rings (SSSR count). The highest BCUT2D eigenvalue weighted by atomic mass is 32.2. The van der Waals surface area contributed by atoms with Gasteiger partial charge in [-0.2, -0.15) is 0 Å². The third kappa shape index (κ3) is 6.10.